The lowest BCUT2D eigenvalue weighted by Crippen LogP contribution is -2.32. The number of carbonyl (C=O) groups is 2. The fourth-order valence-corrected chi connectivity index (χ4v) is 3.89. The number of nitrogens with one attached hydrogen (secondary N) is 1. The summed E-state index contributed by atoms with van der Waals surface area (Å²) >= 11 is 0. The molecule has 0 unspecified atom stereocenters. The molecule has 0 aliphatic carbocycles. The second-order valence-electron chi connectivity index (χ2n) is 7.58. The van der Waals surface area contributed by atoms with Crippen LogP contribution in [0.4, 0.5) is 0 Å². The van der Waals surface area contributed by atoms with Gasteiger partial charge >= 0.3 is 5.97 Å². The molecular formula is C26H25NO4. The second-order valence-corrected chi connectivity index (χ2v) is 7.58. The lowest BCUT2D eigenvalue weighted by atomic mass is 10.0. The van der Waals surface area contributed by atoms with Crippen LogP contribution < -0.4 is 5.32 Å². The summed E-state index contributed by atoms with van der Waals surface area (Å²) in [6, 6.07) is 21.6. The quantitative estimate of drug-likeness (QED) is 0.395. The van der Waals surface area contributed by atoms with Crippen LogP contribution in [0.25, 0.3) is 21.7 Å². The molecular weight excluding hydrogens is 390 g/mol. The first-order valence-electron chi connectivity index (χ1n) is 10.5. The summed E-state index contributed by atoms with van der Waals surface area (Å²) in [7, 11) is 0. The summed E-state index contributed by atoms with van der Waals surface area (Å²) in [4.78, 5) is 24.8. The first kappa shape index (κ1) is 20.7. The molecule has 1 N–H and O–H groups in total. The van der Waals surface area contributed by atoms with Gasteiger partial charge in [0.25, 0.3) is 5.91 Å². The van der Waals surface area contributed by atoms with Gasteiger partial charge in [0.1, 0.15) is 5.58 Å². The number of fused-ring (bicyclic) bond motifs is 3. The molecule has 0 aliphatic rings. The molecule has 0 fully saturated rings. The Balaban J connectivity index is 1.39. The molecule has 0 spiro atoms. The number of hydrogen-bond acceptors (Lipinski definition) is 4. The Bertz CT molecular complexity index is 1200. The molecule has 3 aromatic carbocycles. The van der Waals surface area contributed by atoms with Crippen molar-refractivity contribution in [1.29, 1.82) is 0 Å². The topological polar surface area (TPSA) is 68.5 Å². The number of hydrogen-bond donors (Lipinski definition) is 1. The Morgan fingerprint density at radius 1 is 1.00 bits per heavy atom. The van der Waals surface area contributed by atoms with Crippen LogP contribution in [0.15, 0.2) is 77.4 Å². The van der Waals surface area contributed by atoms with E-state index in [9.17, 15) is 9.59 Å². The minimum Gasteiger partial charge on any atom is -0.464 e. The first-order valence-corrected chi connectivity index (χ1v) is 10.5. The number of carbonyl (C=O) groups excluding carboxylic acids is 2. The van der Waals surface area contributed by atoms with Crippen molar-refractivity contribution in [2.45, 2.75) is 32.2 Å². The summed E-state index contributed by atoms with van der Waals surface area (Å²) < 4.78 is 10.9. The van der Waals surface area contributed by atoms with E-state index in [0.29, 0.717) is 0 Å². The molecule has 4 rings (SSSR count). The summed E-state index contributed by atoms with van der Waals surface area (Å²) in [5.41, 5.74) is 2.52. The third-order valence-corrected chi connectivity index (χ3v) is 5.35. The Hall–Kier alpha value is -3.60. The summed E-state index contributed by atoms with van der Waals surface area (Å²) in [5.74, 6) is -0.768. The molecule has 1 amide bonds. The Labute approximate surface area is 181 Å². The van der Waals surface area contributed by atoms with Gasteiger partial charge in [-0.3, -0.25) is 9.59 Å². The van der Waals surface area contributed by atoms with Crippen molar-refractivity contribution in [2.24, 2.45) is 0 Å². The largest absolute Gasteiger partial charge is 0.464 e. The molecule has 1 aromatic heterocycles. The van der Waals surface area contributed by atoms with Gasteiger partial charge in [0.15, 0.2) is 6.61 Å². The molecule has 158 valence electrons. The van der Waals surface area contributed by atoms with Crippen LogP contribution in [0, 0.1) is 0 Å². The average Bonchev–Trinajstić information content (AvgIpc) is 3.21. The van der Waals surface area contributed by atoms with E-state index in [2.05, 4.69) is 12.2 Å². The van der Waals surface area contributed by atoms with Crippen LogP contribution >= 0.6 is 0 Å². The maximum atomic E-state index is 12.4. The highest BCUT2D eigenvalue weighted by Crippen LogP contribution is 2.30. The smallest absolute Gasteiger partial charge is 0.310 e. The number of amides is 1. The van der Waals surface area contributed by atoms with E-state index < -0.39 is 5.97 Å². The highest BCUT2D eigenvalue weighted by molar-refractivity contribution is 6.08. The zero-order valence-corrected chi connectivity index (χ0v) is 17.5. The van der Waals surface area contributed by atoms with Crippen LogP contribution in [0.2, 0.25) is 0 Å². The Kier molecular flexibility index (Phi) is 6.32. The maximum absolute atomic E-state index is 12.4. The standard InChI is InChI=1S/C26H25NO4/c1-2-8-22(19-10-4-3-5-11-19)27-24(28)17-31-25(29)15-20-16-30-23-14-13-18-9-6-7-12-21(18)26(20)23/h3-7,9-14,16,22H,2,8,15,17H2,1H3,(H,27,28)/t22-/m1/s1. The predicted octanol–water partition coefficient (Wildman–Crippen LogP) is 5.33. The lowest BCUT2D eigenvalue weighted by molar-refractivity contribution is -0.148. The number of ether oxygens (including phenoxy) is 1. The molecule has 0 bridgehead atoms. The molecule has 0 saturated carbocycles. The van der Waals surface area contributed by atoms with Crippen LogP contribution in [0.1, 0.15) is 36.9 Å². The number of esters is 1. The van der Waals surface area contributed by atoms with E-state index in [0.717, 1.165) is 45.7 Å². The average molecular weight is 415 g/mol. The highest BCUT2D eigenvalue weighted by atomic mass is 16.5. The monoisotopic (exact) mass is 415 g/mol. The minimum absolute atomic E-state index is 0.0470. The predicted molar refractivity (Wildman–Crippen MR) is 121 cm³/mol. The van der Waals surface area contributed by atoms with E-state index in [1.54, 1.807) is 6.26 Å². The SMILES string of the molecule is CCC[C@@H](NC(=O)COC(=O)Cc1coc2ccc3ccccc3c12)c1ccccc1. The summed E-state index contributed by atoms with van der Waals surface area (Å²) in [6.45, 7) is 1.77. The van der Waals surface area contributed by atoms with Crippen molar-refractivity contribution in [1.82, 2.24) is 5.32 Å². The van der Waals surface area contributed by atoms with E-state index in [1.165, 1.54) is 0 Å². The van der Waals surface area contributed by atoms with Gasteiger partial charge in [-0.25, -0.2) is 0 Å². The van der Waals surface area contributed by atoms with Gasteiger partial charge in [0.05, 0.1) is 18.7 Å². The maximum Gasteiger partial charge on any atom is 0.310 e. The fraction of sp³-hybridized carbons (Fsp3) is 0.231. The molecule has 1 atom stereocenters. The first-order chi connectivity index (χ1) is 15.2. The van der Waals surface area contributed by atoms with E-state index in [4.69, 9.17) is 9.15 Å². The van der Waals surface area contributed by atoms with Gasteiger partial charge in [-0.05, 0) is 28.8 Å². The number of rotatable bonds is 8. The number of benzene rings is 3. The molecule has 5 heteroatoms. The molecule has 1 heterocycles. The molecule has 0 saturated heterocycles. The van der Waals surface area contributed by atoms with Crippen LogP contribution in [-0.2, 0) is 20.7 Å². The van der Waals surface area contributed by atoms with Crippen molar-refractivity contribution < 1.29 is 18.7 Å². The minimum atomic E-state index is -0.461. The van der Waals surface area contributed by atoms with Crippen LogP contribution in [0.5, 0.6) is 0 Å². The number of furan rings is 1. The van der Waals surface area contributed by atoms with Gasteiger partial charge < -0.3 is 14.5 Å². The van der Waals surface area contributed by atoms with Crippen molar-refractivity contribution in [2.75, 3.05) is 6.61 Å². The molecule has 31 heavy (non-hydrogen) atoms. The Morgan fingerprint density at radius 3 is 2.58 bits per heavy atom. The van der Waals surface area contributed by atoms with Crippen LogP contribution in [-0.4, -0.2) is 18.5 Å². The van der Waals surface area contributed by atoms with E-state index in [1.807, 2.05) is 66.7 Å². The Morgan fingerprint density at radius 2 is 1.77 bits per heavy atom. The third-order valence-electron chi connectivity index (χ3n) is 5.35. The zero-order valence-electron chi connectivity index (χ0n) is 17.5. The van der Waals surface area contributed by atoms with Crippen molar-refractivity contribution >= 4 is 33.6 Å². The molecule has 0 aliphatic heterocycles. The van der Waals surface area contributed by atoms with Gasteiger partial charge in [-0.1, -0.05) is 74.0 Å². The van der Waals surface area contributed by atoms with Gasteiger partial charge in [0.2, 0.25) is 0 Å². The van der Waals surface area contributed by atoms with Gasteiger partial charge in [0, 0.05) is 10.9 Å². The fourth-order valence-electron chi connectivity index (χ4n) is 3.89. The third kappa shape index (κ3) is 4.77. The van der Waals surface area contributed by atoms with Gasteiger partial charge in [-0.2, -0.15) is 0 Å². The normalized spacial score (nSPS) is 12.0. The summed E-state index contributed by atoms with van der Waals surface area (Å²) in [6.07, 6.45) is 3.38. The second kappa shape index (κ2) is 9.47. The van der Waals surface area contributed by atoms with E-state index in [-0.39, 0.29) is 25.0 Å². The van der Waals surface area contributed by atoms with Gasteiger partial charge in [-0.15, -0.1) is 0 Å². The summed E-state index contributed by atoms with van der Waals surface area (Å²) in [5, 5.41) is 5.98. The van der Waals surface area contributed by atoms with Crippen molar-refractivity contribution in [3.63, 3.8) is 0 Å². The lowest BCUT2D eigenvalue weighted by Gasteiger charge is -2.18. The van der Waals surface area contributed by atoms with E-state index >= 15 is 0 Å². The molecule has 5 nitrogen and oxygen atoms in total. The zero-order chi connectivity index (χ0) is 21.6. The van der Waals surface area contributed by atoms with Crippen molar-refractivity contribution in [3.8, 4) is 0 Å². The highest BCUT2D eigenvalue weighted by Gasteiger charge is 2.17. The van der Waals surface area contributed by atoms with Crippen LogP contribution in [0.3, 0.4) is 0 Å². The van der Waals surface area contributed by atoms with Crippen molar-refractivity contribution in [3.05, 3.63) is 84.1 Å². The molecule has 4 aromatic rings. The molecule has 0 radical (unpaired) electrons.